The number of hydrogen-bond acceptors (Lipinski definition) is 4. The monoisotopic (exact) mass is 477 g/mol. The van der Waals surface area contributed by atoms with Gasteiger partial charge in [-0.05, 0) is 44.9 Å². The summed E-state index contributed by atoms with van der Waals surface area (Å²) < 4.78 is 29.6. The van der Waals surface area contributed by atoms with Gasteiger partial charge in [0.2, 0.25) is 0 Å². The molecule has 33 heavy (non-hydrogen) atoms. The molecule has 1 aliphatic rings. The minimum absolute atomic E-state index is 0.144. The highest BCUT2D eigenvalue weighted by Gasteiger charge is 2.29. The molecule has 3 rings (SSSR count). The Balaban J connectivity index is 1.88. The molecule has 0 saturated heterocycles. The fourth-order valence-electron chi connectivity index (χ4n) is 3.87. The third-order valence-electron chi connectivity index (χ3n) is 5.64. The van der Waals surface area contributed by atoms with Gasteiger partial charge in [-0.2, -0.15) is 0 Å². The number of ether oxygens (including phenoxy) is 2. The van der Waals surface area contributed by atoms with Crippen LogP contribution in [0.3, 0.4) is 0 Å². The zero-order valence-electron chi connectivity index (χ0n) is 20.8. The molecule has 0 radical (unpaired) electrons. The maximum Gasteiger partial charge on any atom is 0.410 e. The van der Waals surface area contributed by atoms with Gasteiger partial charge in [0.05, 0.1) is 17.6 Å². The first kappa shape index (κ1) is 25.2. The summed E-state index contributed by atoms with van der Waals surface area (Å²) in [6.07, 6.45) is -0.181. The lowest BCUT2D eigenvalue weighted by Crippen LogP contribution is -2.40. The van der Waals surface area contributed by atoms with Gasteiger partial charge in [-0.1, -0.05) is 31.8 Å². The van der Waals surface area contributed by atoms with Crippen molar-refractivity contribution in [3.63, 3.8) is 0 Å². The van der Waals surface area contributed by atoms with E-state index >= 15 is 4.39 Å². The van der Waals surface area contributed by atoms with Gasteiger partial charge >= 0.3 is 11.8 Å². The minimum atomic E-state index is -1.23. The van der Waals surface area contributed by atoms with Gasteiger partial charge < -0.3 is 14.4 Å². The maximum absolute atomic E-state index is 15.2. The highest BCUT2D eigenvalue weighted by molar-refractivity contribution is 6.76. The van der Waals surface area contributed by atoms with E-state index in [0.717, 1.165) is 6.04 Å². The van der Waals surface area contributed by atoms with Gasteiger partial charge in [-0.25, -0.2) is 14.0 Å². The molecule has 0 atom stereocenters. The molecule has 1 aromatic carbocycles. The molecular weight excluding hydrogens is 441 g/mol. The van der Waals surface area contributed by atoms with E-state index in [9.17, 15) is 9.59 Å². The predicted molar refractivity (Wildman–Crippen MR) is 132 cm³/mol. The van der Waals surface area contributed by atoms with Crippen LogP contribution < -0.4 is 5.69 Å². The van der Waals surface area contributed by atoms with Crippen LogP contribution in [0.25, 0.3) is 16.6 Å². The SMILES string of the molecule is Cn1c(=O)n(COCC[Si](C)(C)C)c2cccc(C3=C(F)CN(C(=O)OC(C)(C)C)CC3)c21. The van der Waals surface area contributed by atoms with E-state index in [1.807, 2.05) is 18.2 Å². The van der Waals surface area contributed by atoms with E-state index in [2.05, 4.69) is 19.6 Å². The van der Waals surface area contributed by atoms with Crippen LogP contribution in [0.5, 0.6) is 0 Å². The van der Waals surface area contributed by atoms with E-state index in [-0.39, 0.29) is 24.8 Å². The number of aromatic nitrogens is 2. The number of nitrogens with zero attached hydrogens (tertiary/aromatic N) is 3. The molecule has 1 amide bonds. The number of carbonyl (C=O) groups is 1. The Kier molecular flexibility index (Phi) is 7.23. The van der Waals surface area contributed by atoms with Crippen molar-refractivity contribution in [3.05, 3.63) is 40.1 Å². The second-order valence-electron chi connectivity index (χ2n) is 10.8. The van der Waals surface area contributed by atoms with E-state index in [4.69, 9.17) is 9.47 Å². The lowest BCUT2D eigenvalue weighted by Gasteiger charge is -2.30. The molecule has 0 saturated carbocycles. The Hall–Kier alpha value is -2.39. The Bertz CT molecular complexity index is 1120. The molecule has 9 heteroatoms. The number of aryl methyl sites for hydroxylation is 1. The van der Waals surface area contributed by atoms with Gasteiger partial charge in [0.15, 0.2) is 0 Å². The number of fused-ring (bicyclic) bond motifs is 1. The van der Waals surface area contributed by atoms with Crippen LogP contribution in [0.4, 0.5) is 9.18 Å². The summed E-state index contributed by atoms with van der Waals surface area (Å²) in [5.41, 5.74) is 1.75. The average Bonchev–Trinajstić information content (AvgIpc) is 2.94. The van der Waals surface area contributed by atoms with E-state index < -0.39 is 19.8 Å². The van der Waals surface area contributed by atoms with Crippen molar-refractivity contribution in [1.29, 1.82) is 0 Å². The summed E-state index contributed by atoms with van der Waals surface area (Å²) in [6.45, 7) is 13.2. The summed E-state index contributed by atoms with van der Waals surface area (Å²) in [5.74, 6) is -0.383. The van der Waals surface area contributed by atoms with Crippen molar-refractivity contribution in [2.75, 3.05) is 19.7 Å². The molecule has 1 aromatic heterocycles. The van der Waals surface area contributed by atoms with Crippen LogP contribution in [-0.2, 0) is 23.3 Å². The quantitative estimate of drug-likeness (QED) is 0.435. The molecule has 0 N–H and O–H groups in total. The predicted octanol–water partition coefficient (Wildman–Crippen LogP) is 4.97. The van der Waals surface area contributed by atoms with Crippen molar-refractivity contribution in [3.8, 4) is 0 Å². The van der Waals surface area contributed by atoms with Gasteiger partial charge in [-0.3, -0.25) is 9.13 Å². The molecular formula is C24H36FN3O4Si. The van der Waals surface area contributed by atoms with Gasteiger partial charge in [0.1, 0.15) is 18.2 Å². The highest BCUT2D eigenvalue weighted by Crippen LogP contribution is 2.33. The summed E-state index contributed by atoms with van der Waals surface area (Å²) in [7, 11) is 0.469. The second kappa shape index (κ2) is 9.46. The summed E-state index contributed by atoms with van der Waals surface area (Å²) in [5, 5.41) is 0. The van der Waals surface area contributed by atoms with Crippen molar-refractivity contribution < 1.29 is 18.7 Å². The van der Waals surface area contributed by atoms with Crippen molar-refractivity contribution >= 4 is 30.8 Å². The number of amides is 1. The molecule has 1 aliphatic heterocycles. The average molecular weight is 478 g/mol. The molecule has 0 spiro atoms. The zero-order chi connectivity index (χ0) is 24.6. The highest BCUT2D eigenvalue weighted by atomic mass is 28.3. The number of para-hydroxylation sites is 1. The molecule has 0 fully saturated rings. The van der Waals surface area contributed by atoms with Crippen molar-refractivity contribution in [2.45, 2.75) is 65.2 Å². The van der Waals surface area contributed by atoms with Crippen LogP contribution in [0.2, 0.25) is 25.7 Å². The van der Waals surface area contributed by atoms with Crippen LogP contribution in [0.1, 0.15) is 32.8 Å². The van der Waals surface area contributed by atoms with Crippen molar-refractivity contribution in [1.82, 2.24) is 14.0 Å². The third-order valence-corrected chi connectivity index (χ3v) is 7.35. The molecule has 182 valence electrons. The molecule has 0 aliphatic carbocycles. The topological polar surface area (TPSA) is 65.7 Å². The first-order chi connectivity index (χ1) is 15.3. The molecule has 0 unspecified atom stereocenters. The van der Waals surface area contributed by atoms with Crippen LogP contribution >= 0.6 is 0 Å². The number of benzene rings is 1. The summed E-state index contributed by atoms with van der Waals surface area (Å²) in [6, 6.07) is 6.53. The summed E-state index contributed by atoms with van der Waals surface area (Å²) in [4.78, 5) is 26.7. The Morgan fingerprint density at radius 2 is 1.91 bits per heavy atom. The first-order valence-electron chi connectivity index (χ1n) is 11.4. The number of halogens is 1. The first-order valence-corrected chi connectivity index (χ1v) is 15.1. The number of imidazole rings is 1. The zero-order valence-corrected chi connectivity index (χ0v) is 21.8. The third kappa shape index (κ3) is 5.95. The normalized spacial score (nSPS) is 15.5. The molecule has 2 aromatic rings. The van der Waals surface area contributed by atoms with E-state index in [0.29, 0.717) is 41.7 Å². The Labute approximate surface area is 195 Å². The fourth-order valence-corrected chi connectivity index (χ4v) is 4.63. The van der Waals surface area contributed by atoms with Crippen LogP contribution in [0.15, 0.2) is 28.8 Å². The minimum Gasteiger partial charge on any atom is -0.444 e. The largest absolute Gasteiger partial charge is 0.444 e. The lowest BCUT2D eigenvalue weighted by molar-refractivity contribution is 0.0254. The Morgan fingerprint density at radius 3 is 2.52 bits per heavy atom. The standard InChI is InChI=1S/C24H36FN3O4Si/c1-24(2,3)32-23(30)27-12-11-17(19(25)15-27)18-9-8-10-20-21(18)26(4)22(29)28(20)16-31-13-14-33(5,6)7/h8-10H,11-16H2,1-7H3. The number of carbonyl (C=O) groups excluding carboxylic acids is 1. The second-order valence-corrected chi connectivity index (χ2v) is 16.4. The smallest absolute Gasteiger partial charge is 0.410 e. The molecule has 7 nitrogen and oxygen atoms in total. The number of rotatable bonds is 6. The molecule has 2 heterocycles. The summed E-state index contributed by atoms with van der Waals surface area (Å²) >= 11 is 0. The lowest BCUT2D eigenvalue weighted by atomic mass is 9.97. The molecule has 0 bridgehead atoms. The van der Waals surface area contributed by atoms with Crippen LogP contribution in [-0.4, -0.2) is 53.5 Å². The number of hydrogen-bond donors (Lipinski definition) is 0. The van der Waals surface area contributed by atoms with Gasteiger partial charge in [0, 0.05) is 33.8 Å². The fraction of sp³-hybridized carbons (Fsp3) is 0.583. The van der Waals surface area contributed by atoms with E-state index in [1.165, 1.54) is 4.90 Å². The van der Waals surface area contributed by atoms with Crippen LogP contribution in [0, 0.1) is 0 Å². The van der Waals surface area contributed by atoms with Gasteiger partial charge in [-0.15, -0.1) is 0 Å². The van der Waals surface area contributed by atoms with E-state index in [1.54, 1.807) is 37.0 Å². The van der Waals surface area contributed by atoms with Gasteiger partial charge in [0.25, 0.3) is 0 Å². The maximum atomic E-state index is 15.2. The Morgan fingerprint density at radius 1 is 1.21 bits per heavy atom. The van der Waals surface area contributed by atoms with Crippen molar-refractivity contribution in [2.24, 2.45) is 7.05 Å².